The first-order chi connectivity index (χ1) is 13.6. The third kappa shape index (κ3) is 3.74. The van der Waals surface area contributed by atoms with Gasteiger partial charge in [-0.15, -0.1) is 0 Å². The number of benzene rings is 2. The van der Waals surface area contributed by atoms with Crippen molar-refractivity contribution in [2.45, 2.75) is 25.3 Å². The number of halogens is 1. The molecule has 1 aliphatic heterocycles. The summed E-state index contributed by atoms with van der Waals surface area (Å²) in [6.07, 6.45) is 1.77. The number of carbonyl (C=O) groups is 1. The molecule has 1 amide bonds. The zero-order valence-electron chi connectivity index (χ0n) is 15.5. The number of ether oxygens (including phenoxy) is 1. The van der Waals surface area contributed by atoms with Crippen molar-refractivity contribution >= 4 is 5.91 Å². The summed E-state index contributed by atoms with van der Waals surface area (Å²) in [4.78, 5) is 19.0. The largest absolute Gasteiger partial charge is 0.497 e. The number of rotatable bonds is 5. The van der Waals surface area contributed by atoms with Crippen LogP contribution in [0.5, 0.6) is 5.75 Å². The molecule has 144 valence electrons. The second-order valence-corrected chi connectivity index (χ2v) is 6.74. The van der Waals surface area contributed by atoms with Gasteiger partial charge in [0.25, 0.3) is 0 Å². The minimum Gasteiger partial charge on any atom is -0.497 e. The molecule has 1 atom stereocenters. The quantitative estimate of drug-likeness (QED) is 0.673. The van der Waals surface area contributed by atoms with Crippen LogP contribution < -0.4 is 4.74 Å². The second-order valence-electron chi connectivity index (χ2n) is 6.74. The van der Waals surface area contributed by atoms with Crippen molar-refractivity contribution in [3.05, 3.63) is 65.8 Å². The van der Waals surface area contributed by atoms with E-state index in [1.807, 2.05) is 24.3 Å². The summed E-state index contributed by atoms with van der Waals surface area (Å²) in [5.74, 6) is 1.23. The van der Waals surface area contributed by atoms with Gasteiger partial charge in [0, 0.05) is 12.1 Å². The van der Waals surface area contributed by atoms with Gasteiger partial charge in [0.05, 0.1) is 13.5 Å². The van der Waals surface area contributed by atoms with Crippen LogP contribution in [0, 0.1) is 5.82 Å². The normalized spacial score (nSPS) is 16.4. The maximum Gasteiger partial charge on any atom is 0.249 e. The fourth-order valence-corrected chi connectivity index (χ4v) is 3.47. The molecular weight excluding hydrogens is 361 g/mol. The van der Waals surface area contributed by atoms with Crippen LogP contribution in [0.1, 0.15) is 30.3 Å². The van der Waals surface area contributed by atoms with E-state index in [-0.39, 0.29) is 24.2 Å². The van der Waals surface area contributed by atoms with Gasteiger partial charge in [-0.25, -0.2) is 4.39 Å². The third-order valence-electron chi connectivity index (χ3n) is 4.89. The minimum atomic E-state index is -0.343. The second kappa shape index (κ2) is 7.80. The molecule has 28 heavy (non-hydrogen) atoms. The molecule has 0 N–H and O–H groups in total. The highest BCUT2D eigenvalue weighted by Crippen LogP contribution is 2.32. The Labute approximate surface area is 161 Å². The molecule has 4 rings (SSSR count). The number of amides is 1. The van der Waals surface area contributed by atoms with Crippen LogP contribution >= 0.6 is 0 Å². The Hall–Kier alpha value is -3.22. The van der Waals surface area contributed by atoms with Crippen molar-refractivity contribution in [3.8, 4) is 17.1 Å². The molecule has 2 heterocycles. The fraction of sp³-hybridized carbons (Fsp3) is 0.286. The SMILES string of the molecule is COc1ccc(-c2noc([C@@H]3CCCN3C(=O)Cc3cccc(F)c3)n2)cc1. The van der Waals surface area contributed by atoms with Gasteiger partial charge in [-0.1, -0.05) is 17.3 Å². The summed E-state index contributed by atoms with van der Waals surface area (Å²) in [7, 11) is 1.61. The molecule has 0 unspecified atom stereocenters. The van der Waals surface area contributed by atoms with E-state index in [0.29, 0.717) is 23.8 Å². The Morgan fingerprint density at radius 1 is 1.29 bits per heavy atom. The van der Waals surface area contributed by atoms with Gasteiger partial charge in [-0.2, -0.15) is 4.98 Å². The van der Waals surface area contributed by atoms with Crippen LogP contribution in [-0.4, -0.2) is 34.6 Å². The van der Waals surface area contributed by atoms with Crippen molar-refractivity contribution < 1.29 is 18.4 Å². The first-order valence-corrected chi connectivity index (χ1v) is 9.16. The van der Waals surface area contributed by atoms with Gasteiger partial charge in [0.2, 0.25) is 17.6 Å². The molecule has 7 heteroatoms. The van der Waals surface area contributed by atoms with E-state index in [1.165, 1.54) is 12.1 Å². The lowest BCUT2D eigenvalue weighted by molar-refractivity contribution is -0.131. The van der Waals surface area contributed by atoms with Crippen molar-refractivity contribution in [2.24, 2.45) is 0 Å². The maximum absolute atomic E-state index is 13.4. The van der Waals surface area contributed by atoms with Crippen LogP contribution in [0.4, 0.5) is 4.39 Å². The summed E-state index contributed by atoms with van der Waals surface area (Å²) in [6.45, 7) is 0.624. The summed E-state index contributed by atoms with van der Waals surface area (Å²) in [6, 6.07) is 13.2. The van der Waals surface area contributed by atoms with E-state index in [2.05, 4.69) is 10.1 Å². The Bertz CT molecular complexity index is 971. The van der Waals surface area contributed by atoms with Crippen LogP contribution in [0.3, 0.4) is 0 Å². The lowest BCUT2D eigenvalue weighted by Gasteiger charge is -2.21. The first-order valence-electron chi connectivity index (χ1n) is 9.16. The Morgan fingerprint density at radius 2 is 2.11 bits per heavy atom. The van der Waals surface area contributed by atoms with Gasteiger partial charge in [0.15, 0.2) is 0 Å². The number of aromatic nitrogens is 2. The smallest absolute Gasteiger partial charge is 0.249 e. The highest BCUT2D eigenvalue weighted by Gasteiger charge is 2.34. The lowest BCUT2D eigenvalue weighted by Crippen LogP contribution is -2.32. The number of likely N-dealkylation sites (tertiary alicyclic amines) is 1. The molecule has 6 nitrogen and oxygen atoms in total. The van der Waals surface area contributed by atoms with Crippen LogP contribution in [-0.2, 0) is 11.2 Å². The van der Waals surface area contributed by atoms with Crippen molar-refractivity contribution in [3.63, 3.8) is 0 Å². The van der Waals surface area contributed by atoms with Gasteiger partial charge < -0.3 is 14.2 Å². The molecule has 1 saturated heterocycles. The van der Waals surface area contributed by atoms with E-state index in [4.69, 9.17) is 9.26 Å². The van der Waals surface area contributed by atoms with Crippen molar-refractivity contribution in [1.29, 1.82) is 0 Å². The Balaban J connectivity index is 1.50. The first kappa shape index (κ1) is 18.2. The van der Waals surface area contributed by atoms with Crippen LogP contribution in [0.15, 0.2) is 53.1 Å². The molecule has 0 spiro atoms. The van der Waals surface area contributed by atoms with Crippen molar-refractivity contribution in [2.75, 3.05) is 13.7 Å². The number of methoxy groups -OCH3 is 1. The molecule has 0 aliphatic carbocycles. The molecule has 0 saturated carbocycles. The number of carbonyl (C=O) groups excluding carboxylic acids is 1. The number of hydrogen-bond donors (Lipinski definition) is 0. The lowest BCUT2D eigenvalue weighted by atomic mass is 10.1. The fourth-order valence-electron chi connectivity index (χ4n) is 3.47. The van der Waals surface area contributed by atoms with E-state index < -0.39 is 0 Å². The monoisotopic (exact) mass is 381 g/mol. The number of hydrogen-bond acceptors (Lipinski definition) is 5. The summed E-state index contributed by atoms with van der Waals surface area (Å²) in [5.41, 5.74) is 1.46. The summed E-state index contributed by atoms with van der Waals surface area (Å²) in [5, 5.41) is 4.06. The molecule has 1 fully saturated rings. The molecule has 2 aromatic carbocycles. The third-order valence-corrected chi connectivity index (χ3v) is 4.89. The molecule has 1 aliphatic rings. The summed E-state index contributed by atoms with van der Waals surface area (Å²) >= 11 is 0. The van der Waals surface area contributed by atoms with Crippen molar-refractivity contribution in [1.82, 2.24) is 15.0 Å². The molecule has 0 bridgehead atoms. The van der Waals surface area contributed by atoms with Crippen LogP contribution in [0.25, 0.3) is 11.4 Å². The number of nitrogens with zero attached hydrogens (tertiary/aromatic N) is 3. The highest BCUT2D eigenvalue weighted by atomic mass is 19.1. The minimum absolute atomic E-state index is 0.0719. The van der Waals surface area contributed by atoms with E-state index >= 15 is 0 Å². The Kier molecular flexibility index (Phi) is 5.06. The van der Waals surface area contributed by atoms with E-state index in [1.54, 1.807) is 24.1 Å². The topological polar surface area (TPSA) is 68.5 Å². The predicted octanol–water partition coefficient (Wildman–Crippen LogP) is 3.79. The van der Waals surface area contributed by atoms with E-state index in [0.717, 1.165) is 24.2 Å². The van der Waals surface area contributed by atoms with E-state index in [9.17, 15) is 9.18 Å². The maximum atomic E-state index is 13.4. The van der Waals surface area contributed by atoms with Gasteiger partial charge >= 0.3 is 0 Å². The average molecular weight is 381 g/mol. The molecular formula is C21H20FN3O3. The highest BCUT2D eigenvalue weighted by molar-refractivity contribution is 5.79. The van der Waals surface area contributed by atoms with Crippen LogP contribution in [0.2, 0.25) is 0 Å². The van der Waals surface area contributed by atoms with Gasteiger partial charge in [0.1, 0.15) is 17.6 Å². The Morgan fingerprint density at radius 3 is 2.86 bits per heavy atom. The predicted molar refractivity (Wildman–Crippen MR) is 100 cm³/mol. The van der Waals surface area contributed by atoms with Gasteiger partial charge in [-0.05, 0) is 54.8 Å². The molecule has 3 aromatic rings. The van der Waals surface area contributed by atoms with Gasteiger partial charge in [-0.3, -0.25) is 4.79 Å². The zero-order chi connectivity index (χ0) is 19.5. The summed E-state index contributed by atoms with van der Waals surface area (Å²) < 4.78 is 24.0. The standard InChI is InChI=1S/C21H20FN3O3/c1-27-17-9-7-15(8-10-17)20-23-21(28-24-20)18-6-3-11-25(18)19(26)13-14-4-2-5-16(22)12-14/h2,4-5,7-10,12,18H,3,6,11,13H2,1H3/t18-/m0/s1. The molecule has 0 radical (unpaired) electrons. The molecule has 1 aromatic heterocycles. The zero-order valence-corrected chi connectivity index (χ0v) is 15.5. The average Bonchev–Trinajstić information content (AvgIpc) is 3.37.